The average molecular weight is 568 g/mol. The summed E-state index contributed by atoms with van der Waals surface area (Å²) in [6.07, 6.45) is 1.36. The molecular formula is C24H28F3N7O4S. The number of ether oxygens (including phenoxy) is 2. The molecule has 3 aromatic heterocycles. The summed E-state index contributed by atoms with van der Waals surface area (Å²) in [5.41, 5.74) is 0.909. The molecule has 39 heavy (non-hydrogen) atoms. The molecule has 0 amide bonds. The highest BCUT2D eigenvalue weighted by atomic mass is 32.2. The molecule has 0 unspecified atom stereocenters. The van der Waals surface area contributed by atoms with E-state index in [0.29, 0.717) is 80.3 Å². The molecule has 0 bridgehead atoms. The number of anilines is 3. The molecule has 0 spiro atoms. The fraction of sp³-hybridized carbons (Fsp3) is 0.500. The number of nitrogens with zero attached hydrogens (tertiary/aromatic N) is 5. The van der Waals surface area contributed by atoms with Gasteiger partial charge in [-0.15, -0.1) is 0 Å². The topological polar surface area (TPSA) is 131 Å². The summed E-state index contributed by atoms with van der Waals surface area (Å²) in [7, 11) is -3.51. The van der Waals surface area contributed by atoms with Gasteiger partial charge in [-0.2, -0.15) is 18.2 Å². The largest absolute Gasteiger partial charge is 0.474 e. The third kappa shape index (κ3) is 6.95. The van der Waals surface area contributed by atoms with Crippen molar-refractivity contribution < 1.29 is 31.1 Å². The Balaban J connectivity index is 1.32. The maximum Gasteiger partial charge on any atom is 0.451 e. The van der Waals surface area contributed by atoms with E-state index in [4.69, 9.17) is 14.5 Å². The van der Waals surface area contributed by atoms with Gasteiger partial charge in [0.1, 0.15) is 17.7 Å². The molecule has 11 nitrogen and oxygen atoms in total. The van der Waals surface area contributed by atoms with E-state index in [-0.39, 0.29) is 18.0 Å². The molecule has 0 atom stereocenters. The smallest absolute Gasteiger partial charge is 0.451 e. The summed E-state index contributed by atoms with van der Waals surface area (Å²) in [5, 5.41) is 3.64. The van der Waals surface area contributed by atoms with Gasteiger partial charge < -0.3 is 19.7 Å². The number of sulfonamides is 1. The quantitative estimate of drug-likeness (QED) is 0.438. The Morgan fingerprint density at radius 1 is 1.08 bits per heavy atom. The number of nitrogens with one attached hydrogen (secondary N) is 2. The number of halogens is 3. The summed E-state index contributed by atoms with van der Waals surface area (Å²) in [6.45, 7) is 2.49. The molecule has 0 radical (unpaired) electrons. The molecule has 15 heteroatoms. The van der Waals surface area contributed by atoms with E-state index in [0.717, 1.165) is 12.5 Å². The minimum atomic E-state index is -4.61. The summed E-state index contributed by atoms with van der Waals surface area (Å²) in [4.78, 5) is 18.2. The average Bonchev–Trinajstić information content (AvgIpc) is 2.89. The van der Waals surface area contributed by atoms with Gasteiger partial charge in [-0.05, 0) is 37.8 Å². The number of aromatic nitrogens is 4. The number of pyridine rings is 2. The van der Waals surface area contributed by atoms with E-state index < -0.39 is 22.0 Å². The van der Waals surface area contributed by atoms with Gasteiger partial charge in [0.15, 0.2) is 0 Å². The van der Waals surface area contributed by atoms with Crippen LogP contribution >= 0.6 is 0 Å². The van der Waals surface area contributed by atoms with Crippen LogP contribution in [0.4, 0.5) is 30.5 Å². The van der Waals surface area contributed by atoms with Crippen molar-refractivity contribution in [3.63, 3.8) is 0 Å². The lowest BCUT2D eigenvalue weighted by Gasteiger charge is -2.31. The second-order valence-corrected chi connectivity index (χ2v) is 11.3. The Morgan fingerprint density at radius 3 is 2.51 bits per heavy atom. The van der Waals surface area contributed by atoms with Crippen molar-refractivity contribution in [3.05, 3.63) is 36.4 Å². The van der Waals surface area contributed by atoms with Gasteiger partial charge in [0, 0.05) is 31.4 Å². The van der Waals surface area contributed by atoms with Crippen molar-refractivity contribution in [2.24, 2.45) is 0 Å². The highest BCUT2D eigenvalue weighted by molar-refractivity contribution is 7.92. The van der Waals surface area contributed by atoms with Crippen LogP contribution in [0.15, 0.2) is 30.6 Å². The maximum atomic E-state index is 12.9. The predicted octanol–water partition coefficient (Wildman–Crippen LogP) is 3.45. The van der Waals surface area contributed by atoms with Crippen molar-refractivity contribution in [1.82, 2.24) is 19.9 Å². The second-order valence-electron chi connectivity index (χ2n) is 9.55. The molecule has 1 saturated heterocycles. The molecule has 2 fully saturated rings. The van der Waals surface area contributed by atoms with Crippen LogP contribution in [-0.2, 0) is 20.9 Å². The zero-order valence-electron chi connectivity index (χ0n) is 21.1. The van der Waals surface area contributed by atoms with Gasteiger partial charge >= 0.3 is 6.18 Å². The number of morpholine rings is 1. The third-order valence-corrected chi connectivity index (χ3v) is 7.09. The monoisotopic (exact) mass is 567 g/mol. The van der Waals surface area contributed by atoms with Crippen LogP contribution in [0.1, 0.15) is 31.5 Å². The van der Waals surface area contributed by atoms with Crippen LogP contribution in [0.5, 0.6) is 5.88 Å². The lowest BCUT2D eigenvalue weighted by atomic mass is 9.93. The van der Waals surface area contributed by atoms with E-state index in [1.165, 1.54) is 12.3 Å². The van der Waals surface area contributed by atoms with Crippen molar-refractivity contribution in [2.45, 2.75) is 44.0 Å². The second kappa shape index (κ2) is 11.0. The number of hydrogen-bond donors (Lipinski definition) is 2. The summed E-state index contributed by atoms with van der Waals surface area (Å²) >= 11 is 0. The van der Waals surface area contributed by atoms with Crippen LogP contribution in [0.3, 0.4) is 0 Å². The Bertz CT molecular complexity index is 1430. The number of rotatable bonds is 7. The Morgan fingerprint density at radius 2 is 1.82 bits per heavy atom. The first-order valence-corrected chi connectivity index (χ1v) is 14.4. The molecule has 0 aromatic carbocycles. The van der Waals surface area contributed by atoms with Crippen molar-refractivity contribution in [3.8, 4) is 5.88 Å². The summed E-state index contributed by atoms with van der Waals surface area (Å²) in [6, 6.07) is 4.84. The Labute approximate surface area is 223 Å². The molecule has 3 aromatic rings. The van der Waals surface area contributed by atoms with Gasteiger partial charge in [0.25, 0.3) is 0 Å². The van der Waals surface area contributed by atoms with E-state index in [2.05, 4.69) is 29.9 Å². The number of fused-ring (bicyclic) bond motifs is 1. The molecular weight excluding hydrogens is 539 g/mol. The molecule has 2 aliphatic rings. The maximum absolute atomic E-state index is 12.9. The SMILES string of the molecule is CS(=O)(=O)Nc1cnc2cc(N3CCOCC3)nc(OC3CCC(Nc4ccnc(C(F)(F)F)n4)CC3)c2c1. The predicted molar refractivity (Wildman–Crippen MR) is 138 cm³/mol. The van der Waals surface area contributed by atoms with Gasteiger partial charge in [0.2, 0.25) is 21.7 Å². The minimum Gasteiger partial charge on any atom is -0.474 e. The third-order valence-electron chi connectivity index (χ3n) is 6.48. The van der Waals surface area contributed by atoms with Crippen LogP contribution in [-0.4, -0.2) is 73.1 Å². The summed E-state index contributed by atoms with van der Waals surface area (Å²) < 4.78 is 76.6. The molecule has 4 heterocycles. The summed E-state index contributed by atoms with van der Waals surface area (Å²) in [5.74, 6) is -0.0112. The fourth-order valence-corrected chi connectivity index (χ4v) is 5.20. The Hall–Kier alpha value is -3.46. The van der Waals surface area contributed by atoms with E-state index in [1.807, 2.05) is 6.07 Å². The highest BCUT2D eigenvalue weighted by Crippen LogP contribution is 2.33. The molecule has 1 aliphatic heterocycles. The first-order valence-electron chi connectivity index (χ1n) is 12.5. The van der Waals surface area contributed by atoms with Crippen molar-refractivity contribution >= 4 is 38.2 Å². The Kier molecular flexibility index (Phi) is 7.62. The number of alkyl halides is 3. The fourth-order valence-electron chi connectivity index (χ4n) is 4.66. The van der Waals surface area contributed by atoms with Crippen molar-refractivity contribution in [2.75, 3.05) is 47.5 Å². The van der Waals surface area contributed by atoms with Gasteiger partial charge in [-0.3, -0.25) is 9.71 Å². The molecule has 1 aliphatic carbocycles. The number of hydrogen-bond acceptors (Lipinski definition) is 10. The molecule has 1 saturated carbocycles. The normalized spacial score (nSPS) is 20.6. The van der Waals surface area contributed by atoms with E-state index in [1.54, 1.807) is 6.07 Å². The molecule has 5 rings (SSSR count). The first-order chi connectivity index (χ1) is 18.5. The molecule has 210 valence electrons. The van der Waals surface area contributed by atoms with Crippen molar-refractivity contribution in [1.29, 1.82) is 0 Å². The van der Waals surface area contributed by atoms with E-state index >= 15 is 0 Å². The van der Waals surface area contributed by atoms with Crippen LogP contribution < -0.4 is 19.7 Å². The minimum absolute atomic E-state index is 0.0718. The first kappa shape index (κ1) is 27.1. The van der Waals surface area contributed by atoms with Gasteiger partial charge in [0.05, 0.1) is 42.3 Å². The van der Waals surface area contributed by atoms with Crippen LogP contribution in [0, 0.1) is 0 Å². The van der Waals surface area contributed by atoms with Crippen LogP contribution in [0.25, 0.3) is 10.9 Å². The standard InChI is InChI=1S/C24H28F3N7O4S/c1-39(35,36)33-16-12-18-19(29-14-16)13-21(34-8-10-37-11-9-34)32-22(18)38-17-4-2-15(3-5-17)30-20-6-7-28-23(31-20)24(25,26)27/h6-7,12-15,17,33H,2-5,8-11H2,1H3,(H,28,30,31). The lowest BCUT2D eigenvalue weighted by molar-refractivity contribution is -0.144. The van der Waals surface area contributed by atoms with Gasteiger partial charge in [-0.1, -0.05) is 0 Å². The lowest BCUT2D eigenvalue weighted by Crippen LogP contribution is -2.37. The van der Waals surface area contributed by atoms with E-state index in [9.17, 15) is 21.6 Å². The van der Waals surface area contributed by atoms with Crippen LogP contribution in [0.2, 0.25) is 0 Å². The highest BCUT2D eigenvalue weighted by Gasteiger charge is 2.35. The molecule has 2 N–H and O–H groups in total. The zero-order chi connectivity index (χ0) is 27.6. The van der Waals surface area contributed by atoms with Gasteiger partial charge in [-0.25, -0.2) is 18.4 Å². The zero-order valence-corrected chi connectivity index (χ0v) is 21.9.